The summed E-state index contributed by atoms with van der Waals surface area (Å²) in [6.07, 6.45) is 0.976. The number of anilines is 1. The van der Waals surface area contributed by atoms with Gasteiger partial charge in [-0.15, -0.1) is 0 Å². The maximum atomic E-state index is 5.79. The summed E-state index contributed by atoms with van der Waals surface area (Å²) in [6.45, 7) is 3.26. The maximum Gasteiger partial charge on any atom is 0.161 e. The fourth-order valence-corrected chi connectivity index (χ4v) is 1.74. The lowest BCUT2D eigenvalue weighted by Crippen LogP contribution is -2.01. The second kappa shape index (κ2) is 6.69. The Morgan fingerprint density at radius 2 is 1.68 bits per heavy atom. The predicted octanol–water partition coefficient (Wildman–Crippen LogP) is 3.64. The van der Waals surface area contributed by atoms with Crippen LogP contribution in [0.2, 0.25) is 0 Å². The van der Waals surface area contributed by atoms with Crippen LogP contribution in [0.25, 0.3) is 0 Å². The predicted molar refractivity (Wildman–Crippen MR) is 77.4 cm³/mol. The number of nitrogens with two attached hydrogens (primary N) is 1. The summed E-state index contributed by atoms with van der Waals surface area (Å²) in [4.78, 5) is 0. The van der Waals surface area contributed by atoms with Crippen LogP contribution in [0, 0.1) is 0 Å². The van der Waals surface area contributed by atoms with Gasteiger partial charge in [-0.25, -0.2) is 0 Å². The fourth-order valence-electron chi connectivity index (χ4n) is 1.74. The van der Waals surface area contributed by atoms with Crippen molar-refractivity contribution in [1.29, 1.82) is 0 Å². The summed E-state index contributed by atoms with van der Waals surface area (Å²) >= 11 is 0. The minimum atomic E-state index is 0.484. The standard InChI is InChI=1S/C16H19NO2/c1-2-10-18-15-8-3-4-9-16(15)19-12-13-6-5-7-14(17)11-13/h3-9,11H,2,10,12,17H2,1H3. The van der Waals surface area contributed by atoms with E-state index < -0.39 is 0 Å². The highest BCUT2D eigenvalue weighted by Crippen LogP contribution is 2.27. The van der Waals surface area contributed by atoms with Gasteiger partial charge in [0.2, 0.25) is 0 Å². The van der Waals surface area contributed by atoms with Gasteiger partial charge in [-0.2, -0.15) is 0 Å². The zero-order chi connectivity index (χ0) is 13.5. The molecule has 0 aromatic heterocycles. The van der Waals surface area contributed by atoms with E-state index in [1.54, 1.807) is 0 Å². The van der Waals surface area contributed by atoms with Crippen molar-refractivity contribution in [2.24, 2.45) is 0 Å². The van der Waals surface area contributed by atoms with E-state index in [-0.39, 0.29) is 0 Å². The van der Waals surface area contributed by atoms with E-state index in [1.807, 2.05) is 48.5 Å². The van der Waals surface area contributed by atoms with E-state index in [0.29, 0.717) is 13.2 Å². The number of ether oxygens (including phenoxy) is 2. The molecular formula is C16H19NO2. The highest BCUT2D eigenvalue weighted by atomic mass is 16.5. The molecule has 0 radical (unpaired) electrons. The van der Waals surface area contributed by atoms with Crippen LogP contribution in [0.3, 0.4) is 0 Å². The van der Waals surface area contributed by atoms with Gasteiger partial charge in [-0.3, -0.25) is 0 Å². The molecule has 0 heterocycles. The Bertz CT molecular complexity index is 526. The Morgan fingerprint density at radius 3 is 2.37 bits per heavy atom. The van der Waals surface area contributed by atoms with Gasteiger partial charge in [0, 0.05) is 5.69 Å². The minimum absolute atomic E-state index is 0.484. The van der Waals surface area contributed by atoms with Crippen molar-refractivity contribution in [3.63, 3.8) is 0 Å². The largest absolute Gasteiger partial charge is 0.490 e. The Labute approximate surface area is 114 Å². The molecule has 0 spiro atoms. The lowest BCUT2D eigenvalue weighted by molar-refractivity contribution is 0.262. The molecule has 2 N–H and O–H groups in total. The van der Waals surface area contributed by atoms with Crippen molar-refractivity contribution in [2.45, 2.75) is 20.0 Å². The molecule has 2 aromatic carbocycles. The average Bonchev–Trinajstić information content (AvgIpc) is 2.44. The third-order valence-electron chi connectivity index (χ3n) is 2.66. The van der Waals surface area contributed by atoms with Crippen LogP contribution in [0.1, 0.15) is 18.9 Å². The molecular weight excluding hydrogens is 238 g/mol. The van der Waals surface area contributed by atoms with E-state index in [2.05, 4.69) is 6.92 Å². The molecule has 0 fully saturated rings. The molecule has 2 rings (SSSR count). The summed E-state index contributed by atoms with van der Waals surface area (Å²) in [6, 6.07) is 15.4. The van der Waals surface area contributed by atoms with Crippen molar-refractivity contribution in [1.82, 2.24) is 0 Å². The van der Waals surface area contributed by atoms with Gasteiger partial charge in [0.1, 0.15) is 6.61 Å². The van der Waals surface area contributed by atoms with Crippen molar-refractivity contribution in [3.8, 4) is 11.5 Å². The SMILES string of the molecule is CCCOc1ccccc1OCc1cccc(N)c1. The van der Waals surface area contributed by atoms with Crippen molar-refractivity contribution >= 4 is 5.69 Å². The van der Waals surface area contributed by atoms with Crippen molar-refractivity contribution in [3.05, 3.63) is 54.1 Å². The summed E-state index contributed by atoms with van der Waals surface area (Å²) in [5, 5.41) is 0. The number of nitrogen functional groups attached to an aromatic ring is 1. The molecule has 100 valence electrons. The molecule has 0 aliphatic heterocycles. The zero-order valence-corrected chi connectivity index (χ0v) is 11.1. The fraction of sp³-hybridized carbons (Fsp3) is 0.250. The molecule has 3 nitrogen and oxygen atoms in total. The van der Waals surface area contributed by atoms with Crippen LogP contribution in [0.4, 0.5) is 5.69 Å². The van der Waals surface area contributed by atoms with Gasteiger partial charge in [-0.1, -0.05) is 31.2 Å². The number of hydrogen-bond acceptors (Lipinski definition) is 3. The minimum Gasteiger partial charge on any atom is -0.490 e. The molecule has 0 atom stereocenters. The molecule has 2 aromatic rings. The van der Waals surface area contributed by atoms with E-state index in [4.69, 9.17) is 15.2 Å². The first-order valence-electron chi connectivity index (χ1n) is 6.48. The lowest BCUT2D eigenvalue weighted by Gasteiger charge is -2.12. The quantitative estimate of drug-likeness (QED) is 0.803. The van der Waals surface area contributed by atoms with E-state index in [9.17, 15) is 0 Å². The van der Waals surface area contributed by atoms with Crippen LogP contribution < -0.4 is 15.2 Å². The average molecular weight is 257 g/mol. The summed E-state index contributed by atoms with van der Waals surface area (Å²) in [5.41, 5.74) is 7.54. The van der Waals surface area contributed by atoms with Crippen LogP contribution in [0.15, 0.2) is 48.5 Å². The van der Waals surface area contributed by atoms with Crippen LogP contribution in [0.5, 0.6) is 11.5 Å². The van der Waals surface area contributed by atoms with E-state index in [0.717, 1.165) is 29.2 Å². The van der Waals surface area contributed by atoms with Crippen molar-refractivity contribution < 1.29 is 9.47 Å². The molecule has 0 saturated heterocycles. The molecule has 0 aliphatic carbocycles. The van der Waals surface area contributed by atoms with Crippen LogP contribution in [-0.2, 0) is 6.61 Å². The first-order chi connectivity index (χ1) is 9.29. The highest BCUT2D eigenvalue weighted by molar-refractivity contribution is 5.42. The Morgan fingerprint density at radius 1 is 0.947 bits per heavy atom. The van der Waals surface area contributed by atoms with Gasteiger partial charge in [0.15, 0.2) is 11.5 Å². The third kappa shape index (κ3) is 3.91. The van der Waals surface area contributed by atoms with Crippen LogP contribution in [-0.4, -0.2) is 6.61 Å². The summed E-state index contributed by atoms with van der Waals surface area (Å²) in [5.74, 6) is 1.55. The molecule has 0 saturated carbocycles. The maximum absolute atomic E-state index is 5.79. The second-order valence-electron chi connectivity index (χ2n) is 4.33. The Balaban J connectivity index is 2.02. The number of rotatable bonds is 6. The van der Waals surface area contributed by atoms with Gasteiger partial charge in [-0.05, 0) is 36.2 Å². The topological polar surface area (TPSA) is 44.5 Å². The van der Waals surface area contributed by atoms with Crippen molar-refractivity contribution in [2.75, 3.05) is 12.3 Å². The van der Waals surface area contributed by atoms with E-state index in [1.165, 1.54) is 0 Å². The summed E-state index contributed by atoms with van der Waals surface area (Å²) in [7, 11) is 0. The van der Waals surface area contributed by atoms with Gasteiger partial charge in [0.05, 0.1) is 6.61 Å². The second-order valence-corrected chi connectivity index (χ2v) is 4.33. The smallest absolute Gasteiger partial charge is 0.161 e. The molecule has 3 heteroatoms. The van der Waals surface area contributed by atoms with Gasteiger partial charge >= 0.3 is 0 Å². The molecule has 19 heavy (non-hydrogen) atoms. The Kier molecular flexibility index (Phi) is 4.67. The first-order valence-corrected chi connectivity index (χ1v) is 6.48. The molecule has 0 aliphatic rings. The lowest BCUT2D eigenvalue weighted by atomic mass is 10.2. The van der Waals surface area contributed by atoms with Crippen LogP contribution >= 0.6 is 0 Å². The monoisotopic (exact) mass is 257 g/mol. The van der Waals surface area contributed by atoms with Gasteiger partial charge < -0.3 is 15.2 Å². The molecule has 0 amide bonds. The molecule has 0 unspecified atom stereocenters. The zero-order valence-electron chi connectivity index (χ0n) is 11.1. The molecule has 0 bridgehead atoms. The summed E-state index contributed by atoms with van der Waals surface area (Å²) < 4.78 is 11.4. The number of para-hydroxylation sites is 2. The highest BCUT2D eigenvalue weighted by Gasteiger charge is 2.04. The number of hydrogen-bond donors (Lipinski definition) is 1. The first kappa shape index (κ1) is 13.3. The third-order valence-corrected chi connectivity index (χ3v) is 2.66. The normalized spacial score (nSPS) is 10.2. The van der Waals surface area contributed by atoms with E-state index >= 15 is 0 Å². The number of benzene rings is 2. The Hall–Kier alpha value is -2.16. The van der Waals surface area contributed by atoms with Gasteiger partial charge in [0.25, 0.3) is 0 Å².